The molecule has 1 aromatic carbocycles. The first-order chi connectivity index (χ1) is 16.6. The number of rotatable bonds is 5. The van der Waals surface area contributed by atoms with Crippen LogP contribution in [0.25, 0.3) is 21.6 Å². The Morgan fingerprint density at radius 2 is 1.89 bits per heavy atom. The van der Waals surface area contributed by atoms with Gasteiger partial charge in [-0.3, -0.25) is 4.98 Å². The number of hydrogen-bond donors (Lipinski definition) is 2. The van der Waals surface area contributed by atoms with Gasteiger partial charge in [0.25, 0.3) is 0 Å². The van der Waals surface area contributed by atoms with E-state index < -0.39 is 17.5 Å². The van der Waals surface area contributed by atoms with Crippen LogP contribution in [0.4, 0.5) is 15.0 Å². The number of ether oxygens (including phenoxy) is 1. The molecule has 7 nitrogen and oxygen atoms in total. The molecule has 1 amide bonds. The van der Waals surface area contributed by atoms with Gasteiger partial charge in [0.1, 0.15) is 16.9 Å². The number of alkyl carbamates (subject to hydrolysis) is 1. The summed E-state index contributed by atoms with van der Waals surface area (Å²) in [6.07, 6.45) is 2.14. The highest BCUT2D eigenvalue weighted by atomic mass is 79.9. The molecule has 10 heteroatoms. The molecular weight excluding hydrogens is 533 g/mol. The zero-order chi connectivity index (χ0) is 25.4. The van der Waals surface area contributed by atoms with Gasteiger partial charge in [-0.2, -0.15) is 0 Å². The van der Waals surface area contributed by atoms with Gasteiger partial charge < -0.3 is 15.4 Å². The number of benzene rings is 1. The van der Waals surface area contributed by atoms with E-state index in [4.69, 9.17) is 4.74 Å². The van der Waals surface area contributed by atoms with Crippen molar-refractivity contribution in [3.05, 3.63) is 70.0 Å². The summed E-state index contributed by atoms with van der Waals surface area (Å²) in [6, 6.07) is 11.8. The van der Waals surface area contributed by atoms with Crippen LogP contribution in [0.1, 0.15) is 26.3 Å². The number of amides is 1. The molecule has 0 saturated heterocycles. The van der Waals surface area contributed by atoms with Gasteiger partial charge in [0.15, 0.2) is 11.6 Å². The Hall–Kier alpha value is -3.11. The third-order valence-electron chi connectivity index (χ3n) is 4.41. The van der Waals surface area contributed by atoms with E-state index in [0.29, 0.717) is 24.4 Å². The predicted molar refractivity (Wildman–Crippen MR) is 142 cm³/mol. The summed E-state index contributed by atoms with van der Waals surface area (Å²) in [5, 5.41) is 7.75. The van der Waals surface area contributed by atoms with Crippen molar-refractivity contribution in [3.63, 3.8) is 0 Å². The lowest BCUT2D eigenvalue weighted by Crippen LogP contribution is -2.35. The Morgan fingerprint density at radius 3 is 2.51 bits per heavy atom. The normalized spacial score (nSPS) is 10.9. The number of pyridine rings is 1. The van der Waals surface area contributed by atoms with Crippen LogP contribution in [-0.2, 0) is 4.74 Å². The van der Waals surface area contributed by atoms with E-state index in [1.807, 2.05) is 23.6 Å². The number of anilines is 1. The summed E-state index contributed by atoms with van der Waals surface area (Å²) < 4.78 is 21.0. The number of nitrogens with one attached hydrogen (secondary N) is 2. The molecule has 0 aliphatic heterocycles. The quantitative estimate of drug-likeness (QED) is 0.268. The van der Waals surface area contributed by atoms with Crippen molar-refractivity contribution >= 4 is 49.4 Å². The number of fused-ring (bicyclic) bond motifs is 1. The number of thiophene rings is 1. The Kier molecular flexibility index (Phi) is 9.11. The average molecular weight is 560 g/mol. The maximum Gasteiger partial charge on any atom is 0.407 e. The van der Waals surface area contributed by atoms with Gasteiger partial charge in [0, 0.05) is 24.7 Å². The van der Waals surface area contributed by atoms with Crippen LogP contribution in [0.15, 0.2) is 58.6 Å². The van der Waals surface area contributed by atoms with Gasteiger partial charge in [-0.15, -0.1) is 11.3 Å². The molecule has 4 aromatic rings. The fraction of sp³-hybridized carbons (Fsp3) is 0.280. The first kappa shape index (κ1) is 26.5. The second kappa shape index (κ2) is 12.0. The van der Waals surface area contributed by atoms with Gasteiger partial charge in [-0.1, -0.05) is 35.9 Å². The van der Waals surface area contributed by atoms with Crippen molar-refractivity contribution < 1.29 is 13.9 Å². The van der Waals surface area contributed by atoms with Gasteiger partial charge in [0.05, 0.1) is 20.9 Å². The summed E-state index contributed by atoms with van der Waals surface area (Å²) in [6.45, 7) is 8.25. The Bertz CT molecular complexity index is 1280. The van der Waals surface area contributed by atoms with E-state index in [-0.39, 0.29) is 11.4 Å². The molecule has 4 rings (SSSR count). The number of carbonyl (C=O) groups excluding carboxylic acids is 1. The topological polar surface area (TPSA) is 89.0 Å². The summed E-state index contributed by atoms with van der Waals surface area (Å²) in [7, 11) is 0. The van der Waals surface area contributed by atoms with Gasteiger partial charge in [0.2, 0.25) is 0 Å². The highest BCUT2D eigenvalue weighted by Crippen LogP contribution is 2.35. The minimum absolute atomic E-state index is 0.258. The van der Waals surface area contributed by atoms with Crippen LogP contribution < -0.4 is 10.6 Å². The summed E-state index contributed by atoms with van der Waals surface area (Å²) in [5.41, 5.74) is 1.73. The molecule has 35 heavy (non-hydrogen) atoms. The van der Waals surface area contributed by atoms with E-state index in [9.17, 15) is 9.18 Å². The van der Waals surface area contributed by atoms with Crippen molar-refractivity contribution in [1.29, 1.82) is 0 Å². The molecule has 0 aliphatic carbocycles. The van der Waals surface area contributed by atoms with Crippen LogP contribution in [0.3, 0.4) is 0 Å². The maximum absolute atomic E-state index is 14.1. The van der Waals surface area contributed by atoms with Gasteiger partial charge in [-0.25, -0.2) is 19.2 Å². The molecular formula is C25H27BrFN5O2S. The Balaban J connectivity index is 0.000000420. The highest BCUT2D eigenvalue weighted by Gasteiger charge is 2.17. The fourth-order valence-corrected chi connectivity index (χ4v) is 4.41. The first-order valence-electron chi connectivity index (χ1n) is 10.9. The number of aryl methyl sites for hydroxylation is 1. The van der Waals surface area contributed by atoms with Crippen molar-refractivity contribution in [3.8, 4) is 11.4 Å². The molecule has 0 fully saturated rings. The van der Waals surface area contributed by atoms with Crippen molar-refractivity contribution in [1.82, 2.24) is 20.3 Å². The second-order valence-corrected chi connectivity index (χ2v) is 10.3. The molecule has 2 N–H and O–H groups in total. The average Bonchev–Trinajstić information content (AvgIpc) is 3.17. The van der Waals surface area contributed by atoms with Gasteiger partial charge in [-0.05, 0) is 49.7 Å². The fourth-order valence-electron chi connectivity index (χ4n) is 2.88. The lowest BCUT2D eigenvalue weighted by Gasteiger charge is -2.19. The lowest BCUT2D eigenvalue weighted by atomic mass is 10.2. The highest BCUT2D eigenvalue weighted by molar-refractivity contribution is 9.10. The van der Waals surface area contributed by atoms with Crippen LogP contribution >= 0.6 is 27.3 Å². The smallest absolute Gasteiger partial charge is 0.407 e. The monoisotopic (exact) mass is 559 g/mol. The Morgan fingerprint density at radius 1 is 1.14 bits per heavy atom. The first-order valence-corrected chi connectivity index (χ1v) is 12.6. The predicted octanol–water partition coefficient (Wildman–Crippen LogP) is 6.59. The molecule has 0 saturated carbocycles. The van der Waals surface area contributed by atoms with E-state index in [2.05, 4.69) is 60.6 Å². The number of carbonyl (C=O) groups is 1. The summed E-state index contributed by atoms with van der Waals surface area (Å²) in [4.78, 5) is 24.4. The van der Waals surface area contributed by atoms with Crippen LogP contribution in [0.2, 0.25) is 0 Å². The largest absolute Gasteiger partial charge is 0.444 e. The zero-order valence-electron chi connectivity index (χ0n) is 19.9. The van der Waals surface area contributed by atoms with Gasteiger partial charge >= 0.3 is 6.09 Å². The standard InChI is InChI=1S/C18H19BrFN5O2S.C7H8/c1-18(2,3)27-17(26)23-7-6-22-16-14-13(11(19)9-28-14)24-15(25-16)10-4-5-21-8-12(10)20;1-7-5-3-2-4-6-7/h4-5,8-9H,6-7H2,1-3H3,(H,23,26)(H,22,24,25);2-6H,1H3. The summed E-state index contributed by atoms with van der Waals surface area (Å²) in [5.74, 6) is 0.331. The minimum atomic E-state index is -0.552. The maximum atomic E-state index is 14.1. The Labute approximate surface area is 216 Å². The summed E-state index contributed by atoms with van der Waals surface area (Å²) >= 11 is 4.94. The molecule has 0 atom stereocenters. The lowest BCUT2D eigenvalue weighted by molar-refractivity contribution is 0.0530. The molecule has 184 valence electrons. The second-order valence-electron chi connectivity index (χ2n) is 8.52. The molecule has 0 unspecified atom stereocenters. The zero-order valence-corrected chi connectivity index (χ0v) is 22.3. The number of nitrogens with zero attached hydrogens (tertiary/aromatic N) is 3. The van der Waals surface area contributed by atoms with E-state index in [1.54, 1.807) is 20.8 Å². The molecule has 0 bridgehead atoms. The molecule has 0 aliphatic rings. The van der Waals surface area contributed by atoms with Crippen LogP contribution in [0, 0.1) is 12.7 Å². The number of aromatic nitrogens is 3. The third-order valence-corrected chi connectivity index (χ3v) is 6.30. The van der Waals surface area contributed by atoms with Crippen molar-refractivity contribution in [2.75, 3.05) is 18.4 Å². The number of hydrogen-bond acceptors (Lipinski definition) is 7. The van der Waals surface area contributed by atoms with Crippen molar-refractivity contribution in [2.24, 2.45) is 0 Å². The number of halogens is 2. The van der Waals surface area contributed by atoms with E-state index in [0.717, 1.165) is 15.4 Å². The molecule has 3 aromatic heterocycles. The minimum Gasteiger partial charge on any atom is -0.444 e. The van der Waals surface area contributed by atoms with Crippen LogP contribution in [0.5, 0.6) is 0 Å². The van der Waals surface area contributed by atoms with E-state index >= 15 is 0 Å². The molecule has 3 heterocycles. The third kappa shape index (κ3) is 7.97. The SMILES string of the molecule is CC(C)(C)OC(=O)NCCNc1nc(-c2ccncc2F)nc2c(Br)csc12.Cc1ccccc1. The van der Waals surface area contributed by atoms with E-state index in [1.165, 1.54) is 29.2 Å². The molecule has 0 spiro atoms. The molecule has 0 radical (unpaired) electrons. The van der Waals surface area contributed by atoms with Crippen LogP contribution in [-0.4, -0.2) is 39.7 Å². The van der Waals surface area contributed by atoms with Crippen molar-refractivity contribution in [2.45, 2.75) is 33.3 Å².